The van der Waals surface area contributed by atoms with Gasteiger partial charge in [0.25, 0.3) is 0 Å². The lowest BCUT2D eigenvalue weighted by atomic mass is 10.2. The smallest absolute Gasteiger partial charge is 0.246 e. The Morgan fingerprint density at radius 2 is 2.10 bits per heavy atom. The van der Waals surface area contributed by atoms with Gasteiger partial charge < -0.3 is 15.4 Å². The van der Waals surface area contributed by atoms with Crippen molar-refractivity contribution < 1.29 is 14.3 Å². The molecule has 1 aliphatic carbocycles. The topological polar surface area (TPSA) is 67.4 Å². The summed E-state index contributed by atoms with van der Waals surface area (Å²) >= 11 is 0. The molecule has 0 bridgehead atoms. The Bertz CT molecular complexity index is 510. The zero-order chi connectivity index (χ0) is 15.2. The lowest BCUT2D eigenvalue weighted by molar-refractivity contribution is -0.127. The van der Waals surface area contributed by atoms with Gasteiger partial charge in [0.05, 0.1) is 6.10 Å². The molecular formula is C16H22N2O3. The molecule has 1 fully saturated rings. The van der Waals surface area contributed by atoms with E-state index in [1.54, 1.807) is 0 Å². The van der Waals surface area contributed by atoms with Crippen molar-refractivity contribution in [3.63, 3.8) is 0 Å². The van der Waals surface area contributed by atoms with Gasteiger partial charge in [-0.2, -0.15) is 0 Å². The standard InChI is InChI=1S/C16H22N2O3/c1-11(2)21-10-15(19)17-9-12-4-3-5-14(8-12)18-16(20)13-6-7-13/h3-5,8,11,13H,6-7,9-10H2,1-2H3,(H,17,19)(H,18,20). The first kappa shape index (κ1) is 15.5. The van der Waals surface area contributed by atoms with Crippen LogP contribution in [0.1, 0.15) is 32.3 Å². The summed E-state index contributed by atoms with van der Waals surface area (Å²) in [6.07, 6.45) is 2.01. The van der Waals surface area contributed by atoms with E-state index in [1.165, 1.54) is 0 Å². The second-order valence-electron chi connectivity index (χ2n) is 5.60. The Hall–Kier alpha value is -1.88. The van der Waals surface area contributed by atoms with Crippen molar-refractivity contribution in [3.05, 3.63) is 29.8 Å². The molecule has 2 rings (SSSR count). The minimum absolute atomic E-state index is 0.0386. The van der Waals surface area contributed by atoms with Crippen LogP contribution in [0.25, 0.3) is 0 Å². The predicted octanol–water partition coefficient (Wildman–Crippen LogP) is 2.08. The first-order chi connectivity index (χ1) is 10.0. The summed E-state index contributed by atoms with van der Waals surface area (Å²) in [5.41, 5.74) is 1.72. The summed E-state index contributed by atoms with van der Waals surface area (Å²) < 4.78 is 5.23. The molecule has 0 aromatic heterocycles. The molecule has 0 atom stereocenters. The minimum atomic E-state index is -0.142. The SMILES string of the molecule is CC(C)OCC(=O)NCc1cccc(NC(=O)C2CC2)c1. The molecular weight excluding hydrogens is 268 g/mol. The van der Waals surface area contributed by atoms with Crippen LogP contribution in [0.3, 0.4) is 0 Å². The van der Waals surface area contributed by atoms with Crippen LogP contribution in [0.15, 0.2) is 24.3 Å². The van der Waals surface area contributed by atoms with Gasteiger partial charge in [-0.1, -0.05) is 12.1 Å². The fourth-order valence-electron chi connectivity index (χ4n) is 1.84. The number of carbonyl (C=O) groups is 2. The highest BCUT2D eigenvalue weighted by Gasteiger charge is 2.29. The first-order valence-electron chi connectivity index (χ1n) is 7.32. The van der Waals surface area contributed by atoms with E-state index >= 15 is 0 Å². The molecule has 0 spiro atoms. The fraction of sp³-hybridized carbons (Fsp3) is 0.500. The quantitative estimate of drug-likeness (QED) is 0.808. The van der Waals surface area contributed by atoms with Crippen molar-refractivity contribution in [1.82, 2.24) is 5.32 Å². The largest absolute Gasteiger partial charge is 0.369 e. The molecule has 0 heterocycles. The third-order valence-electron chi connectivity index (χ3n) is 3.18. The molecule has 5 nitrogen and oxygen atoms in total. The molecule has 1 aliphatic rings. The number of rotatable bonds is 7. The van der Waals surface area contributed by atoms with Gasteiger partial charge in [-0.25, -0.2) is 0 Å². The molecule has 2 amide bonds. The minimum Gasteiger partial charge on any atom is -0.369 e. The molecule has 0 unspecified atom stereocenters. The zero-order valence-corrected chi connectivity index (χ0v) is 12.5. The van der Waals surface area contributed by atoms with Crippen LogP contribution < -0.4 is 10.6 Å². The van der Waals surface area contributed by atoms with Crippen molar-refractivity contribution in [2.45, 2.75) is 39.3 Å². The van der Waals surface area contributed by atoms with E-state index in [-0.39, 0.29) is 30.4 Å². The Labute approximate surface area is 125 Å². The Morgan fingerprint density at radius 3 is 2.76 bits per heavy atom. The summed E-state index contributed by atoms with van der Waals surface area (Å²) in [5, 5.41) is 5.69. The number of anilines is 1. The zero-order valence-electron chi connectivity index (χ0n) is 12.5. The number of amides is 2. The number of carbonyl (C=O) groups excluding carboxylic acids is 2. The molecule has 114 valence electrons. The third-order valence-corrected chi connectivity index (χ3v) is 3.18. The molecule has 1 aromatic carbocycles. The summed E-state index contributed by atoms with van der Waals surface area (Å²) in [6.45, 7) is 4.27. The number of hydrogen-bond donors (Lipinski definition) is 2. The molecule has 0 saturated heterocycles. The average molecular weight is 290 g/mol. The van der Waals surface area contributed by atoms with Crippen LogP contribution >= 0.6 is 0 Å². The number of hydrogen-bond acceptors (Lipinski definition) is 3. The van der Waals surface area contributed by atoms with Crippen molar-refractivity contribution in [1.29, 1.82) is 0 Å². The van der Waals surface area contributed by atoms with Gasteiger partial charge >= 0.3 is 0 Å². The maximum atomic E-state index is 11.7. The molecule has 1 saturated carbocycles. The van der Waals surface area contributed by atoms with Gasteiger partial charge in [0.1, 0.15) is 6.61 Å². The summed E-state index contributed by atoms with van der Waals surface area (Å²) in [5.74, 6) is 0.124. The van der Waals surface area contributed by atoms with E-state index in [4.69, 9.17) is 4.74 Å². The van der Waals surface area contributed by atoms with Crippen LogP contribution in [0.4, 0.5) is 5.69 Å². The number of ether oxygens (including phenoxy) is 1. The summed E-state index contributed by atoms with van der Waals surface area (Å²) in [6, 6.07) is 7.52. The normalized spacial score (nSPS) is 14.0. The highest BCUT2D eigenvalue weighted by atomic mass is 16.5. The highest BCUT2D eigenvalue weighted by molar-refractivity contribution is 5.94. The van der Waals surface area contributed by atoms with Crippen molar-refractivity contribution in [2.24, 2.45) is 5.92 Å². The summed E-state index contributed by atoms with van der Waals surface area (Å²) in [4.78, 5) is 23.3. The van der Waals surface area contributed by atoms with Crippen molar-refractivity contribution >= 4 is 17.5 Å². The van der Waals surface area contributed by atoms with E-state index in [2.05, 4.69) is 10.6 Å². The molecule has 5 heteroatoms. The summed E-state index contributed by atoms with van der Waals surface area (Å²) in [7, 11) is 0. The molecule has 21 heavy (non-hydrogen) atoms. The van der Waals surface area contributed by atoms with E-state index in [0.717, 1.165) is 24.1 Å². The van der Waals surface area contributed by atoms with E-state index in [9.17, 15) is 9.59 Å². The fourth-order valence-corrected chi connectivity index (χ4v) is 1.84. The second kappa shape index (κ2) is 7.22. The molecule has 0 aliphatic heterocycles. The van der Waals surface area contributed by atoms with Gasteiger partial charge in [-0.3, -0.25) is 9.59 Å². The molecule has 1 aromatic rings. The van der Waals surface area contributed by atoms with Crippen LogP contribution in [-0.4, -0.2) is 24.5 Å². The van der Waals surface area contributed by atoms with Gasteiger partial charge in [0, 0.05) is 18.2 Å². The van der Waals surface area contributed by atoms with Crippen molar-refractivity contribution in [2.75, 3.05) is 11.9 Å². The maximum Gasteiger partial charge on any atom is 0.246 e. The van der Waals surface area contributed by atoms with E-state index < -0.39 is 0 Å². The van der Waals surface area contributed by atoms with E-state index in [0.29, 0.717) is 6.54 Å². The highest BCUT2D eigenvalue weighted by Crippen LogP contribution is 2.30. The van der Waals surface area contributed by atoms with Crippen molar-refractivity contribution in [3.8, 4) is 0 Å². The van der Waals surface area contributed by atoms with Crippen LogP contribution in [0.2, 0.25) is 0 Å². The predicted molar refractivity (Wildman–Crippen MR) is 80.7 cm³/mol. The number of benzene rings is 1. The monoisotopic (exact) mass is 290 g/mol. The van der Waals surface area contributed by atoms with Crippen LogP contribution in [0, 0.1) is 5.92 Å². The van der Waals surface area contributed by atoms with Gasteiger partial charge in [-0.15, -0.1) is 0 Å². The lowest BCUT2D eigenvalue weighted by Crippen LogP contribution is -2.28. The second-order valence-corrected chi connectivity index (χ2v) is 5.60. The lowest BCUT2D eigenvalue weighted by Gasteiger charge is -2.10. The Balaban J connectivity index is 1.80. The third kappa shape index (κ3) is 5.55. The molecule has 2 N–H and O–H groups in total. The van der Waals surface area contributed by atoms with Gasteiger partial charge in [-0.05, 0) is 44.4 Å². The van der Waals surface area contributed by atoms with E-state index in [1.807, 2.05) is 38.1 Å². The molecule has 0 radical (unpaired) electrons. The number of nitrogens with one attached hydrogen (secondary N) is 2. The maximum absolute atomic E-state index is 11.7. The average Bonchev–Trinajstić information content (AvgIpc) is 3.28. The Kier molecular flexibility index (Phi) is 5.33. The Morgan fingerprint density at radius 1 is 1.33 bits per heavy atom. The first-order valence-corrected chi connectivity index (χ1v) is 7.32. The van der Waals surface area contributed by atoms with Gasteiger partial charge in [0.15, 0.2) is 0 Å². The van der Waals surface area contributed by atoms with Crippen LogP contribution in [-0.2, 0) is 20.9 Å². The van der Waals surface area contributed by atoms with Crippen LogP contribution in [0.5, 0.6) is 0 Å². The van der Waals surface area contributed by atoms with Gasteiger partial charge in [0.2, 0.25) is 11.8 Å².